The van der Waals surface area contributed by atoms with Crippen molar-refractivity contribution in [3.05, 3.63) is 106 Å². The minimum atomic E-state index is -1.17. The summed E-state index contributed by atoms with van der Waals surface area (Å²) in [4.78, 5) is 60.7. The van der Waals surface area contributed by atoms with Gasteiger partial charge in [-0.05, 0) is 87.6 Å². The summed E-state index contributed by atoms with van der Waals surface area (Å²) in [6.45, 7) is 14.2. The van der Waals surface area contributed by atoms with Crippen molar-refractivity contribution in [2.45, 2.75) is 70.1 Å². The number of rotatable bonds is 11. The lowest BCUT2D eigenvalue weighted by Crippen LogP contribution is -2.49. The number of anilines is 4. The topological polar surface area (TPSA) is 176 Å². The fourth-order valence-corrected chi connectivity index (χ4v) is 9.76. The van der Waals surface area contributed by atoms with E-state index in [9.17, 15) is 19.5 Å². The number of hydrogen-bond acceptors (Lipinski definition) is 12. The molecule has 328 valence electrons. The molecule has 4 saturated heterocycles. The summed E-state index contributed by atoms with van der Waals surface area (Å²) in [5.74, 6) is 1.38. The Labute approximate surface area is 364 Å². The number of ether oxygens (including phenoxy) is 1. The number of fused-ring (bicyclic) bond motifs is 3. The second-order valence-electron chi connectivity index (χ2n) is 17.8. The lowest BCUT2D eigenvalue weighted by molar-refractivity contribution is -0.121. The maximum Gasteiger partial charge on any atom is 0.329 e. The number of carbonyl (C=O) groups is 1. The molecule has 4 aliphatic rings. The summed E-state index contributed by atoms with van der Waals surface area (Å²) in [5.41, 5.74) is 4.29. The Morgan fingerprint density at radius 3 is 2.44 bits per heavy atom. The first kappa shape index (κ1) is 40.8. The maximum atomic E-state index is 13.7. The van der Waals surface area contributed by atoms with E-state index in [-0.39, 0.29) is 42.1 Å². The number of carbonyl (C=O) groups excluding carboxylic acids is 1. The molecular weight excluding hydrogens is 801 g/mol. The van der Waals surface area contributed by atoms with Crippen LogP contribution in [0, 0.1) is 5.92 Å². The Morgan fingerprint density at radius 1 is 0.937 bits per heavy atom. The van der Waals surface area contributed by atoms with Gasteiger partial charge in [-0.1, -0.05) is 18.2 Å². The third kappa shape index (κ3) is 7.67. The van der Waals surface area contributed by atoms with Gasteiger partial charge in [-0.2, -0.15) is 4.98 Å². The van der Waals surface area contributed by atoms with Gasteiger partial charge in [0.05, 0.1) is 35.0 Å². The van der Waals surface area contributed by atoms with Gasteiger partial charge in [-0.25, -0.2) is 24.1 Å². The molecule has 0 radical (unpaired) electrons. The van der Waals surface area contributed by atoms with E-state index >= 15 is 0 Å². The van der Waals surface area contributed by atoms with Gasteiger partial charge in [0.2, 0.25) is 11.9 Å². The molecule has 2 aromatic carbocycles. The standard InChI is InChI=1S/C46H54N12O5/c1-5-20-56-43(60)32-27-47-44(51-41(32)58(56)37-11-7-10-36(49-37)46(2,3)62)48-30-12-14-31(15-13-30)54-25-23-53(24-26-54)28-29-18-21-55(22-19-29)33-8-6-9-34-39(33)52(4)45(61)57(34)35-16-17-38(59)50-42-40(35)63-42/h5-15,27,29,35,40,42,62H,1,16-26,28H2,2-4H3,(H,50,59)(H,47,48,51)/t35-,40?,42?/m0/s1. The van der Waals surface area contributed by atoms with Crippen LogP contribution >= 0.6 is 0 Å². The minimum absolute atomic E-state index is 0.0233. The van der Waals surface area contributed by atoms with Gasteiger partial charge in [0.25, 0.3) is 5.56 Å². The zero-order chi connectivity index (χ0) is 43.6. The third-order valence-corrected chi connectivity index (χ3v) is 13.2. The highest BCUT2D eigenvalue weighted by Gasteiger charge is 2.50. The number of imidazole rings is 1. The van der Waals surface area contributed by atoms with Crippen LogP contribution in [0.25, 0.3) is 27.9 Å². The molecule has 3 N–H and O–H groups in total. The lowest BCUT2D eigenvalue weighted by Gasteiger charge is -2.40. The minimum Gasteiger partial charge on any atom is -0.384 e. The summed E-state index contributed by atoms with van der Waals surface area (Å²) in [5, 5.41) is 17.2. The molecule has 0 bridgehead atoms. The molecule has 0 saturated carbocycles. The van der Waals surface area contributed by atoms with E-state index in [1.165, 1.54) is 10.9 Å². The van der Waals surface area contributed by atoms with Crippen molar-refractivity contribution in [3.63, 3.8) is 0 Å². The molecule has 4 aromatic heterocycles. The molecule has 3 atom stereocenters. The summed E-state index contributed by atoms with van der Waals surface area (Å²) in [6.07, 6.45) is 5.85. The van der Waals surface area contributed by atoms with Crippen LogP contribution in [0.3, 0.4) is 0 Å². The first-order chi connectivity index (χ1) is 30.4. The fraction of sp³-hybridized carbons (Fsp3) is 0.435. The van der Waals surface area contributed by atoms with Gasteiger partial charge in [0, 0.05) is 76.9 Å². The summed E-state index contributed by atoms with van der Waals surface area (Å²) < 4.78 is 12.6. The number of benzene rings is 2. The number of aromatic nitrogens is 7. The molecule has 6 aromatic rings. The van der Waals surface area contributed by atoms with Gasteiger partial charge in [0.15, 0.2) is 17.7 Å². The monoisotopic (exact) mass is 854 g/mol. The number of para-hydroxylation sites is 1. The molecule has 10 rings (SSSR count). The Morgan fingerprint density at radius 2 is 1.70 bits per heavy atom. The van der Waals surface area contributed by atoms with Crippen LogP contribution in [-0.4, -0.2) is 108 Å². The van der Waals surface area contributed by atoms with E-state index in [4.69, 9.17) is 9.72 Å². The van der Waals surface area contributed by atoms with E-state index in [0.29, 0.717) is 47.3 Å². The number of pyridine rings is 1. The Bertz CT molecular complexity index is 2820. The van der Waals surface area contributed by atoms with E-state index in [2.05, 4.69) is 60.1 Å². The average molecular weight is 855 g/mol. The number of epoxide rings is 1. The number of hydrogen-bond donors (Lipinski definition) is 3. The number of allylic oxidation sites excluding steroid dienone is 1. The second kappa shape index (κ2) is 16.1. The van der Waals surface area contributed by atoms with Crippen LogP contribution in [0.15, 0.2) is 89.1 Å². The highest BCUT2D eigenvalue weighted by atomic mass is 16.6. The van der Waals surface area contributed by atoms with Crippen molar-refractivity contribution in [3.8, 4) is 5.82 Å². The van der Waals surface area contributed by atoms with Crippen LogP contribution in [0.4, 0.5) is 23.0 Å². The molecule has 63 heavy (non-hydrogen) atoms. The number of nitrogens with one attached hydrogen (secondary N) is 2. The van der Waals surface area contributed by atoms with Crippen molar-refractivity contribution in [1.29, 1.82) is 0 Å². The third-order valence-electron chi connectivity index (χ3n) is 13.2. The average Bonchev–Trinajstić information content (AvgIpc) is 3.95. The van der Waals surface area contributed by atoms with Crippen LogP contribution in [-0.2, 0) is 28.7 Å². The van der Waals surface area contributed by atoms with Crippen LogP contribution in [0.5, 0.6) is 0 Å². The Kier molecular flexibility index (Phi) is 10.4. The number of aryl methyl sites for hydroxylation is 1. The lowest BCUT2D eigenvalue weighted by atomic mass is 9.95. The Hall–Kier alpha value is -6.30. The number of aliphatic hydroxyl groups is 1. The van der Waals surface area contributed by atoms with E-state index in [1.54, 1.807) is 47.4 Å². The maximum absolute atomic E-state index is 13.7. The van der Waals surface area contributed by atoms with Gasteiger partial charge < -0.3 is 30.3 Å². The highest BCUT2D eigenvalue weighted by molar-refractivity contribution is 5.90. The van der Waals surface area contributed by atoms with Gasteiger partial charge >= 0.3 is 5.69 Å². The quantitative estimate of drug-likeness (QED) is 0.126. The predicted molar refractivity (Wildman–Crippen MR) is 242 cm³/mol. The molecule has 17 nitrogen and oxygen atoms in total. The van der Waals surface area contributed by atoms with Crippen molar-refractivity contribution in [2.24, 2.45) is 13.0 Å². The molecular formula is C46H54N12O5. The normalized spacial score (nSPS) is 21.1. The van der Waals surface area contributed by atoms with Crippen molar-refractivity contribution in [1.82, 2.24) is 43.7 Å². The first-order valence-electron chi connectivity index (χ1n) is 22.0. The summed E-state index contributed by atoms with van der Waals surface area (Å²) >= 11 is 0. The largest absolute Gasteiger partial charge is 0.384 e. The van der Waals surface area contributed by atoms with Crippen LogP contribution in [0.1, 0.15) is 51.3 Å². The van der Waals surface area contributed by atoms with Gasteiger partial charge in [-0.15, -0.1) is 6.58 Å². The number of piperidine rings is 1. The van der Waals surface area contributed by atoms with Crippen LogP contribution in [0.2, 0.25) is 0 Å². The molecule has 1 amide bonds. The zero-order valence-corrected chi connectivity index (χ0v) is 36.0. The molecule has 4 aliphatic heterocycles. The van der Waals surface area contributed by atoms with Crippen LogP contribution < -0.4 is 31.7 Å². The summed E-state index contributed by atoms with van der Waals surface area (Å²) in [7, 11) is 1.86. The second-order valence-corrected chi connectivity index (χ2v) is 17.8. The van der Waals surface area contributed by atoms with E-state index in [0.717, 1.165) is 86.8 Å². The number of piperazine rings is 1. The number of nitrogens with zero attached hydrogens (tertiary/aromatic N) is 10. The van der Waals surface area contributed by atoms with Crippen molar-refractivity contribution in [2.75, 3.05) is 60.9 Å². The molecule has 4 fully saturated rings. The van der Waals surface area contributed by atoms with Gasteiger partial charge in [0.1, 0.15) is 17.1 Å². The molecule has 8 heterocycles. The van der Waals surface area contributed by atoms with E-state index < -0.39 is 5.60 Å². The molecule has 0 spiro atoms. The summed E-state index contributed by atoms with van der Waals surface area (Å²) in [6, 6.07) is 19.6. The first-order valence-corrected chi connectivity index (χ1v) is 22.0. The number of amides is 1. The molecule has 2 unspecified atom stereocenters. The van der Waals surface area contributed by atoms with E-state index in [1.807, 2.05) is 35.9 Å². The SMILES string of the molecule is C=CCn1c(=O)c2cnc(Nc3ccc(N4CCN(CC5CCN(c6cccc7c6n(C)c(=O)n7[C@H]6CCC(=O)NC7OC76)CC5)CC4)cc3)nc2n1-c1cccc(C(C)(C)O)n1. The van der Waals surface area contributed by atoms with Gasteiger partial charge in [-0.3, -0.25) is 23.6 Å². The van der Waals surface area contributed by atoms with Crippen molar-refractivity contribution >= 4 is 51.0 Å². The predicted octanol–water partition coefficient (Wildman–Crippen LogP) is 4.00. The fourth-order valence-electron chi connectivity index (χ4n) is 9.76. The molecule has 17 heteroatoms. The highest BCUT2D eigenvalue weighted by Crippen LogP contribution is 2.39. The molecule has 0 aliphatic carbocycles. The Balaban J connectivity index is 0.754. The van der Waals surface area contributed by atoms with Crippen molar-refractivity contribution < 1.29 is 14.6 Å². The zero-order valence-electron chi connectivity index (χ0n) is 36.0. The smallest absolute Gasteiger partial charge is 0.329 e.